The molecule has 0 bridgehead atoms. The molecular formula is C10H11FN4. The van der Waals surface area contributed by atoms with E-state index in [4.69, 9.17) is 5.73 Å². The molecule has 0 fully saturated rings. The highest BCUT2D eigenvalue weighted by Gasteiger charge is 2.09. The average Bonchev–Trinajstić information content (AvgIpc) is 2.46. The van der Waals surface area contributed by atoms with Crippen LogP contribution in [-0.2, 0) is 7.05 Å². The Labute approximate surface area is 86.6 Å². The van der Waals surface area contributed by atoms with Crippen molar-refractivity contribution in [2.45, 2.75) is 6.92 Å². The van der Waals surface area contributed by atoms with E-state index in [1.807, 2.05) is 6.92 Å². The predicted molar refractivity (Wildman–Crippen MR) is 55.5 cm³/mol. The second kappa shape index (κ2) is 3.34. The van der Waals surface area contributed by atoms with Gasteiger partial charge in [-0.25, -0.2) is 9.07 Å². The molecule has 15 heavy (non-hydrogen) atoms. The number of hydrogen-bond donors (Lipinski definition) is 1. The first-order valence-electron chi connectivity index (χ1n) is 4.51. The van der Waals surface area contributed by atoms with Crippen molar-refractivity contribution in [3.05, 3.63) is 29.6 Å². The zero-order chi connectivity index (χ0) is 11.0. The zero-order valence-electron chi connectivity index (χ0n) is 8.53. The Balaban J connectivity index is 2.54. The van der Waals surface area contributed by atoms with Crippen molar-refractivity contribution in [2.24, 2.45) is 7.05 Å². The first-order valence-corrected chi connectivity index (χ1v) is 4.51. The topological polar surface area (TPSA) is 56.7 Å². The van der Waals surface area contributed by atoms with Gasteiger partial charge in [0.2, 0.25) is 5.95 Å². The van der Waals surface area contributed by atoms with E-state index in [9.17, 15) is 4.39 Å². The van der Waals surface area contributed by atoms with Gasteiger partial charge in [0.05, 0.1) is 0 Å². The molecule has 0 aliphatic heterocycles. The number of aryl methyl sites for hydroxylation is 2. The molecule has 2 N–H and O–H groups in total. The first kappa shape index (κ1) is 9.64. The molecule has 1 heterocycles. The predicted octanol–water partition coefficient (Wildman–Crippen LogP) is 1.51. The molecule has 0 saturated heterocycles. The second-order valence-corrected chi connectivity index (χ2v) is 3.38. The summed E-state index contributed by atoms with van der Waals surface area (Å²) in [5, 5.41) is 4.13. The maximum atomic E-state index is 12.9. The van der Waals surface area contributed by atoms with E-state index in [-0.39, 0.29) is 5.82 Å². The Hall–Kier alpha value is -1.91. The molecule has 2 rings (SSSR count). The molecule has 0 aliphatic carbocycles. The monoisotopic (exact) mass is 206 g/mol. The van der Waals surface area contributed by atoms with Gasteiger partial charge < -0.3 is 5.73 Å². The van der Waals surface area contributed by atoms with Gasteiger partial charge in [0.15, 0.2) is 5.82 Å². The van der Waals surface area contributed by atoms with E-state index in [2.05, 4.69) is 10.1 Å². The fourth-order valence-electron chi connectivity index (χ4n) is 1.39. The third kappa shape index (κ3) is 1.68. The summed E-state index contributed by atoms with van der Waals surface area (Å²) in [6.45, 7) is 1.81. The smallest absolute Gasteiger partial charge is 0.218 e. The highest BCUT2D eigenvalue weighted by molar-refractivity contribution is 5.60. The average molecular weight is 206 g/mol. The molecule has 0 radical (unpaired) electrons. The Morgan fingerprint density at radius 2 is 2.13 bits per heavy atom. The van der Waals surface area contributed by atoms with Gasteiger partial charge in [-0.05, 0) is 30.7 Å². The number of nitrogens with zero attached hydrogens (tertiary/aromatic N) is 3. The van der Waals surface area contributed by atoms with Crippen LogP contribution in [0.2, 0.25) is 0 Å². The molecule has 0 aliphatic rings. The summed E-state index contributed by atoms with van der Waals surface area (Å²) in [4.78, 5) is 4.08. The van der Waals surface area contributed by atoms with E-state index in [0.29, 0.717) is 11.8 Å². The Morgan fingerprint density at radius 3 is 2.67 bits per heavy atom. The molecule has 1 aromatic heterocycles. The third-order valence-electron chi connectivity index (χ3n) is 2.23. The molecule has 1 aromatic carbocycles. The largest absolute Gasteiger partial charge is 0.368 e. The van der Waals surface area contributed by atoms with Gasteiger partial charge in [-0.1, -0.05) is 0 Å². The molecule has 5 heteroatoms. The molecule has 0 amide bonds. The second-order valence-electron chi connectivity index (χ2n) is 3.38. The molecule has 0 saturated carbocycles. The fraction of sp³-hybridized carbons (Fsp3) is 0.200. The summed E-state index contributed by atoms with van der Waals surface area (Å²) < 4.78 is 14.4. The van der Waals surface area contributed by atoms with Crippen LogP contribution in [0.1, 0.15) is 5.56 Å². The van der Waals surface area contributed by atoms with Gasteiger partial charge in [-0.3, -0.25) is 0 Å². The summed E-state index contributed by atoms with van der Waals surface area (Å²) in [6.07, 6.45) is 0. The summed E-state index contributed by atoms with van der Waals surface area (Å²) in [5.74, 6) is 0.598. The number of benzene rings is 1. The van der Waals surface area contributed by atoms with Crippen molar-refractivity contribution in [3.8, 4) is 11.4 Å². The third-order valence-corrected chi connectivity index (χ3v) is 2.23. The van der Waals surface area contributed by atoms with Crippen molar-refractivity contribution in [2.75, 3.05) is 5.73 Å². The van der Waals surface area contributed by atoms with Crippen molar-refractivity contribution in [1.82, 2.24) is 14.8 Å². The van der Waals surface area contributed by atoms with Gasteiger partial charge in [-0.2, -0.15) is 4.98 Å². The van der Waals surface area contributed by atoms with Crippen LogP contribution in [-0.4, -0.2) is 14.8 Å². The Bertz CT molecular complexity index is 485. The van der Waals surface area contributed by atoms with Crippen molar-refractivity contribution >= 4 is 5.95 Å². The minimum absolute atomic E-state index is 0.264. The van der Waals surface area contributed by atoms with Crippen LogP contribution in [0.3, 0.4) is 0 Å². The number of anilines is 1. The Kier molecular flexibility index (Phi) is 2.15. The minimum Gasteiger partial charge on any atom is -0.368 e. The standard InChI is InChI=1S/C10H11FN4/c1-6-5-7(11)3-4-8(6)9-13-10(12)15(2)14-9/h3-5H,1-2H3,(H2,12,13,14). The number of aromatic nitrogens is 3. The SMILES string of the molecule is Cc1cc(F)ccc1-c1nc(N)n(C)n1. The lowest BCUT2D eigenvalue weighted by Crippen LogP contribution is -1.97. The van der Waals surface area contributed by atoms with E-state index in [1.54, 1.807) is 13.1 Å². The summed E-state index contributed by atoms with van der Waals surface area (Å²) in [7, 11) is 1.71. The summed E-state index contributed by atoms with van der Waals surface area (Å²) >= 11 is 0. The zero-order valence-corrected chi connectivity index (χ0v) is 8.53. The quantitative estimate of drug-likeness (QED) is 0.769. The summed E-state index contributed by atoms with van der Waals surface area (Å²) in [5.41, 5.74) is 7.16. The van der Waals surface area contributed by atoms with Crippen molar-refractivity contribution in [3.63, 3.8) is 0 Å². The Morgan fingerprint density at radius 1 is 1.40 bits per heavy atom. The van der Waals surface area contributed by atoms with E-state index in [1.165, 1.54) is 16.8 Å². The van der Waals surface area contributed by atoms with Crippen LogP contribution in [0.15, 0.2) is 18.2 Å². The minimum atomic E-state index is -0.264. The van der Waals surface area contributed by atoms with Crippen LogP contribution in [0, 0.1) is 12.7 Å². The highest BCUT2D eigenvalue weighted by Crippen LogP contribution is 2.21. The maximum absolute atomic E-state index is 12.9. The number of nitrogen functional groups attached to an aromatic ring is 1. The van der Waals surface area contributed by atoms with Gasteiger partial charge >= 0.3 is 0 Å². The van der Waals surface area contributed by atoms with Gasteiger partial charge in [-0.15, -0.1) is 5.10 Å². The van der Waals surface area contributed by atoms with Crippen LogP contribution >= 0.6 is 0 Å². The lowest BCUT2D eigenvalue weighted by atomic mass is 10.1. The van der Waals surface area contributed by atoms with E-state index < -0.39 is 0 Å². The molecule has 0 spiro atoms. The molecular weight excluding hydrogens is 195 g/mol. The molecule has 0 unspecified atom stereocenters. The van der Waals surface area contributed by atoms with E-state index in [0.717, 1.165) is 11.1 Å². The first-order chi connectivity index (χ1) is 7.08. The maximum Gasteiger partial charge on any atom is 0.218 e. The van der Waals surface area contributed by atoms with Crippen LogP contribution in [0.5, 0.6) is 0 Å². The van der Waals surface area contributed by atoms with Crippen LogP contribution in [0.4, 0.5) is 10.3 Å². The number of rotatable bonds is 1. The van der Waals surface area contributed by atoms with Crippen molar-refractivity contribution in [1.29, 1.82) is 0 Å². The lowest BCUT2D eigenvalue weighted by Gasteiger charge is -2.00. The normalized spacial score (nSPS) is 10.6. The molecule has 0 atom stereocenters. The molecule has 78 valence electrons. The number of nitrogens with two attached hydrogens (primary N) is 1. The highest BCUT2D eigenvalue weighted by atomic mass is 19.1. The number of halogens is 1. The summed E-state index contributed by atoms with van der Waals surface area (Å²) in [6, 6.07) is 4.48. The van der Waals surface area contributed by atoms with Gasteiger partial charge in [0.25, 0.3) is 0 Å². The lowest BCUT2D eigenvalue weighted by molar-refractivity contribution is 0.627. The molecule has 4 nitrogen and oxygen atoms in total. The van der Waals surface area contributed by atoms with Crippen LogP contribution < -0.4 is 5.73 Å². The van der Waals surface area contributed by atoms with Gasteiger partial charge in [0.1, 0.15) is 5.82 Å². The fourth-order valence-corrected chi connectivity index (χ4v) is 1.39. The van der Waals surface area contributed by atoms with Crippen LogP contribution in [0.25, 0.3) is 11.4 Å². The number of hydrogen-bond acceptors (Lipinski definition) is 3. The molecule has 2 aromatic rings. The van der Waals surface area contributed by atoms with Gasteiger partial charge in [0, 0.05) is 12.6 Å². The van der Waals surface area contributed by atoms with Crippen molar-refractivity contribution < 1.29 is 4.39 Å². The van der Waals surface area contributed by atoms with E-state index >= 15 is 0 Å².